The maximum atomic E-state index is 14.3. The Labute approximate surface area is 183 Å². The van der Waals surface area contributed by atoms with Crippen molar-refractivity contribution < 1.29 is 26.3 Å². The molecule has 1 heterocycles. The molecule has 2 aliphatic carbocycles. The van der Waals surface area contributed by atoms with Crippen LogP contribution in [0, 0.1) is 17.3 Å². The third-order valence-electron chi connectivity index (χ3n) is 7.10. The van der Waals surface area contributed by atoms with Crippen LogP contribution in [0.1, 0.15) is 70.4 Å². The van der Waals surface area contributed by atoms with E-state index in [1.54, 1.807) is 0 Å². The van der Waals surface area contributed by atoms with E-state index in [0.29, 0.717) is 42.2 Å². The Morgan fingerprint density at radius 2 is 1.42 bits per heavy atom. The number of rotatable bonds is 5. The van der Waals surface area contributed by atoms with Crippen LogP contribution in [0.4, 0.5) is 32.2 Å². The molecular formula is C21H28ClF6N3. The Morgan fingerprint density at radius 3 is 1.94 bits per heavy atom. The van der Waals surface area contributed by atoms with Gasteiger partial charge in [-0.3, -0.25) is 0 Å². The van der Waals surface area contributed by atoms with E-state index in [4.69, 9.17) is 11.6 Å². The van der Waals surface area contributed by atoms with E-state index >= 15 is 0 Å². The Morgan fingerprint density at radius 1 is 0.871 bits per heavy atom. The fraction of sp³-hybridized carbons (Fsp3) is 0.810. The standard InChI is InChI=1S/C21H28ClF6N3/c1-2-16-17(22)18(30-12-29-16)31-15-10-8-14(9-11-15)19(20(23,24)25,21(26,27)28)13-6-4-3-5-7-13/h12-15H,2-11H2,1H3,(H,29,30,31)/t14-,15+. The van der Waals surface area contributed by atoms with Crippen molar-refractivity contribution in [3.8, 4) is 0 Å². The summed E-state index contributed by atoms with van der Waals surface area (Å²) in [6, 6.07) is -0.279. The van der Waals surface area contributed by atoms with Crippen LogP contribution in [0.15, 0.2) is 6.33 Å². The summed E-state index contributed by atoms with van der Waals surface area (Å²) in [5, 5.41) is 3.45. The Kier molecular flexibility index (Phi) is 7.33. The number of halogens is 7. The predicted molar refractivity (Wildman–Crippen MR) is 107 cm³/mol. The minimum Gasteiger partial charge on any atom is -0.366 e. The summed E-state index contributed by atoms with van der Waals surface area (Å²) in [5.74, 6) is -2.50. The smallest absolute Gasteiger partial charge is 0.366 e. The average molecular weight is 472 g/mol. The minimum atomic E-state index is -5.33. The van der Waals surface area contributed by atoms with Crippen molar-refractivity contribution in [2.24, 2.45) is 17.3 Å². The van der Waals surface area contributed by atoms with Crippen LogP contribution in [-0.2, 0) is 6.42 Å². The van der Waals surface area contributed by atoms with Crippen LogP contribution < -0.4 is 5.32 Å². The second-order valence-electron chi connectivity index (χ2n) is 8.73. The van der Waals surface area contributed by atoms with E-state index in [2.05, 4.69) is 15.3 Å². The third kappa shape index (κ3) is 4.62. The Bertz CT molecular complexity index is 724. The highest BCUT2D eigenvalue weighted by atomic mass is 35.5. The lowest BCUT2D eigenvalue weighted by molar-refractivity contribution is -0.381. The quantitative estimate of drug-likeness (QED) is 0.456. The molecule has 3 nitrogen and oxygen atoms in total. The van der Waals surface area contributed by atoms with Gasteiger partial charge in [-0.25, -0.2) is 9.97 Å². The zero-order valence-electron chi connectivity index (χ0n) is 17.4. The average Bonchev–Trinajstić information content (AvgIpc) is 2.70. The summed E-state index contributed by atoms with van der Waals surface area (Å²) in [4.78, 5) is 8.15. The molecule has 0 radical (unpaired) electrons. The van der Waals surface area contributed by atoms with Crippen molar-refractivity contribution in [1.82, 2.24) is 9.97 Å². The van der Waals surface area contributed by atoms with Gasteiger partial charge in [0.25, 0.3) is 0 Å². The van der Waals surface area contributed by atoms with Crippen LogP contribution in [-0.4, -0.2) is 28.4 Å². The number of aryl methyl sites for hydroxylation is 1. The lowest BCUT2D eigenvalue weighted by atomic mass is 9.57. The number of nitrogens with one attached hydrogen (secondary N) is 1. The zero-order chi connectivity index (χ0) is 22.9. The van der Waals surface area contributed by atoms with Crippen molar-refractivity contribution in [2.45, 2.75) is 89.5 Å². The molecule has 0 spiro atoms. The van der Waals surface area contributed by atoms with Gasteiger partial charge in [0.1, 0.15) is 17.2 Å². The van der Waals surface area contributed by atoms with E-state index in [-0.39, 0.29) is 44.6 Å². The van der Waals surface area contributed by atoms with Crippen molar-refractivity contribution in [3.63, 3.8) is 0 Å². The third-order valence-corrected chi connectivity index (χ3v) is 7.49. The molecule has 1 aromatic rings. The largest absolute Gasteiger partial charge is 0.403 e. The second kappa shape index (κ2) is 9.32. The van der Waals surface area contributed by atoms with E-state index in [1.165, 1.54) is 6.33 Å². The molecule has 2 aliphatic rings. The van der Waals surface area contributed by atoms with Gasteiger partial charge in [-0.05, 0) is 56.8 Å². The molecule has 0 bridgehead atoms. The maximum absolute atomic E-state index is 14.3. The molecule has 10 heteroatoms. The van der Waals surface area contributed by atoms with Gasteiger partial charge in [0.05, 0.1) is 5.69 Å². The van der Waals surface area contributed by atoms with Gasteiger partial charge in [-0.1, -0.05) is 37.8 Å². The van der Waals surface area contributed by atoms with Gasteiger partial charge in [0.2, 0.25) is 0 Å². The second-order valence-corrected chi connectivity index (χ2v) is 9.11. The first kappa shape index (κ1) is 24.4. The summed E-state index contributed by atoms with van der Waals surface area (Å²) in [7, 11) is 0. The van der Waals surface area contributed by atoms with Crippen LogP contribution in [0.3, 0.4) is 0 Å². The zero-order valence-corrected chi connectivity index (χ0v) is 18.2. The molecule has 0 saturated heterocycles. The van der Waals surface area contributed by atoms with Gasteiger partial charge in [-0.2, -0.15) is 26.3 Å². The van der Waals surface area contributed by atoms with Crippen molar-refractivity contribution in [3.05, 3.63) is 17.0 Å². The summed E-state index contributed by atoms with van der Waals surface area (Å²) in [6.45, 7) is 1.88. The Balaban J connectivity index is 1.81. The fourth-order valence-corrected chi connectivity index (χ4v) is 5.90. The van der Waals surface area contributed by atoms with E-state index in [0.717, 1.165) is 0 Å². The van der Waals surface area contributed by atoms with Gasteiger partial charge in [-0.15, -0.1) is 0 Å². The molecule has 176 valence electrons. The first-order chi connectivity index (χ1) is 14.5. The highest BCUT2D eigenvalue weighted by Crippen LogP contribution is 2.64. The number of hydrogen-bond donors (Lipinski definition) is 1. The lowest BCUT2D eigenvalue weighted by Crippen LogP contribution is -2.60. The maximum Gasteiger partial charge on any atom is 0.403 e. The van der Waals surface area contributed by atoms with E-state index in [1.807, 2.05) is 6.92 Å². The van der Waals surface area contributed by atoms with Crippen molar-refractivity contribution in [1.29, 1.82) is 0 Å². The number of anilines is 1. The normalized spacial score (nSPS) is 24.3. The summed E-state index contributed by atoms with van der Waals surface area (Å²) >= 11 is 6.27. The fourth-order valence-electron chi connectivity index (χ4n) is 5.62. The monoisotopic (exact) mass is 471 g/mol. The van der Waals surface area contributed by atoms with Gasteiger partial charge in [0, 0.05) is 6.04 Å². The summed E-state index contributed by atoms with van der Waals surface area (Å²) in [5.41, 5.74) is -2.99. The van der Waals surface area contributed by atoms with Crippen LogP contribution in [0.5, 0.6) is 0 Å². The molecule has 31 heavy (non-hydrogen) atoms. The SMILES string of the molecule is CCc1ncnc(N[C@H]2CC[C@@H](C(C3CCCCC3)(C(F)(F)F)C(F)(F)F)CC2)c1Cl. The minimum absolute atomic E-state index is 0.0203. The molecule has 0 unspecified atom stereocenters. The Hall–Kier alpha value is -1.25. The predicted octanol–water partition coefficient (Wildman–Crippen LogP) is 7.35. The molecule has 1 N–H and O–H groups in total. The molecule has 3 rings (SSSR count). The number of alkyl halides is 6. The van der Waals surface area contributed by atoms with E-state index < -0.39 is 29.6 Å². The molecular weight excluding hydrogens is 444 g/mol. The molecule has 0 aliphatic heterocycles. The van der Waals surface area contributed by atoms with Gasteiger partial charge >= 0.3 is 12.4 Å². The summed E-state index contributed by atoms with van der Waals surface area (Å²) < 4.78 is 85.5. The number of aromatic nitrogens is 2. The number of nitrogens with zero attached hydrogens (tertiary/aromatic N) is 2. The van der Waals surface area contributed by atoms with Gasteiger partial charge < -0.3 is 5.32 Å². The molecule has 2 fully saturated rings. The molecule has 2 saturated carbocycles. The number of hydrogen-bond acceptors (Lipinski definition) is 3. The topological polar surface area (TPSA) is 37.8 Å². The highest BCUT2D eigenvalue weighted by molar-refractivity contribution is 6.33. The first-order valence-electron chi connectivity index (χ1n) is 10.9. The van der Waals surface area contributed by atoms with Crippen LogP contribution in [0.2, 0.25) is 5.02 Å². The van der Waals surface area contributed by atoms with Gasteiger partial charge in [0.15, 0.2) is 5.41 Å². The molecule has 1 aromatic heterocycles. The highest BCUT2D eigenvalue weighted by Gasteiger charge is 2.76. The lowest BCUT2D eigenvalue weighted by Gasteiger charge is -2.51. The van der Waals surface area contributed by atoms with Crippen LogP contribution in [0.25, 0.3) is 0 Å². The summed E-state index contributed by atoms with van der Waals surface area (Å²) in [6.07, 6.45) is -7.12. The first-order valence-corrected chi connectivity index (χ1v) is 11.3. The van der Waals surface area contributed by atoms with Crippen molar-refractivity contribution in [2.75, 3.05) is 5.32 Å². The molecule has 0 atom stereocenters. The molecule has 0 amide bonds. The molecule has 0 aromatic carbocycles. The van der Waals surface area contributed by atoms with Crippen molar-refractivity contribution >= 4 is 17.4 Å². The van der Waals surface area contributed by atoms with Crippen LogP contribution >= 0.6 is 11.6 Å². The van der Waals surface area contributed by atoms with E-state index in [9.17, 15) is 26.3 Å².